The van der Waals surface area contributed by atoms with Gasteiger partial charge < -0.3 is 15.7 Å². The molecule has 0 aliphatic rings. The van der Waals surface area contributed by atoms with E-state index in [2.05, 4.69) is 63.8 Å². The summed E-state index contributed by atoms with van der Waals surface area (Å²) in [6.07, 6.45) is 4.00. The van der Waals surface area contributed by atoms with E-state index < -0.39 is 0 Å². The first-order chi connectivity index (χ1) is 13.9. The van der Waals surface area contributed by atoms with Crippen LogP contribution in [0.3, 0.4) is 0 Å². The number of non-ortho nitro benzene ring substituents is 1. The summed E-state index contributed by atoms with van der Waals surface area (Å²) >= 11 is 0. The van der Waals surface area contributed by atoms with E-state index in [4.69, 9.17) is 5.73 Å². The molecule has 0 bridgehead atoms. The zero-order valence-corrected chi connectivity index (χ0v) is 19.8. The van der Waals surface area contributed by atoms with Crippen molar-refractivity contribution in [3.05, 3.63) is 70.0 Å². The molecule has 0 radical (unpaired) electrons. The number of hydrogen-bond donors (Lipinski definition) is 3. The standard InChI is InChI=1S/C12H14N2O2.C12H16N2.CH4.Ni.H/c1-12(2,3)10-7-13-11-6-8(14(15)16)4-5-9(10)11;1-12(2,3)10-7-14-11-6-8(13)4-5-9(10)11;;;/h4-7,13H,1-3H3;4-7,14H,13H2,1-3H3;1H4;;. The maximum absolute atomic E-state index is 10.6. The fourth-order valence-electron chi connectivity index (χ4n) is 3.61. The minimum atomic E-state index is -0.378. The van der Waals surface area contributed by atoms with Crippen LogP contribution >= 0.6 is 0 Å². The van der Waals surface area contributed by atoms with Crippen molar-refractivity contribution >= 4 is 33.2 Å². The second-order valence-electron chi connectivity index (χ2n) is 9.70. The van der Waals surface area contributed by atoms with Gasteiger partial charge in [-0.15, -0.1) is 0 Å². The number of nitrogen functional groups attached to an aromatic ring is 1. The van der Waals surface area contributed by atoms with Gasteiger partial charge in [-0.05, 0) is 40.2 Å². The number of fused-ring (bicyclic) bond motifs is 2. The minimum absolute atomic E-state index is 0. The summed E-state index contributed by atoms with van der Waals surface area (Å²) in [6, 6.07) is 10.9. The molecule has 0 unspecified atom stereocenters. The molecule has 0 saturated heterocycles. The topological polar surface area (TPSA) is 101 Å². The van der Waals surface area contributed by atoms with Crippen LogP contribution in [0.1, 0.15) is 60.1 Å². The normalized spacial score (nSPS) is 11.3. The number of nitro benzene ring substituents is 1. The Labute approximate surface area is 200 Å². The van der Waals surface area contributed by atoms with E-state index in [-0.39, 0.29) is 45.4 Å². The second-order valence-corrected chi connectivity index (χ2v) is 9.70. The summed E-state index contributed by atoms with van der Waals surface area (Å²) in [4.78, 5) is 16.6. The molecule has 6 nitrogen and oxygen atoms in total. The summed E-state index contributed by atoms with van der Waals surface area (Å²) in [5.74, 6) is 0. The molecule has 2 aromatic heterocycles. The molecule has 0 saturated carbocycles. The van der Waals surface area contributed by atoms with Crippen LogP contribution in [0, 0.1) is 10.1 Å². The van der Waals surface area contributed by atoms with Crippen molar-refractivity contribution in [3.63, 3.8) is 0 Å². The van der Waals surface area contributed by atoms with Gasteiger partial charge in [0.2, 0.25) is 0 Å². The van der Waals surface area contributed by atoms with Crippen molar-refractivity contribution in [1.29, 1.82) is 0 Å². The van der Waals surface area contributed by atoms with Gasteiger partial charge in [0, 0.05) is 46.5 Å². The first-order valence-corrected chi connectivity index (χ1v) is 10.0. The van der Waals surface area contributed by atoms with Crippen LogP contribution in [0.15, 0.2) is 48.8 Å². The van der Waals surface area contributed by atoms with Crippen LogP contribution in [-0.4, -0.2) is 14.9 Å². The third kappa shape index (κ3) is 5.71. The fourth-order valence-corrected chi connectivity index (χ4v) is 3.61. The molecule has 32 heavy (non-hydrogen) atoms. The van der Waals surface area contributed by atoms with E-state index in [1.165, 1.54) is 16.5 Å². The predicted molar refractivity (Wildman–Crippen MR) is 133 cm³/mol. The van der Waals surface area contributed by atoms with Crippen LogP contribution in [0.5, 0.6) is 0 Å². The van der Waals surface area contributed by atoms with Crippen molar-refractivity contribution < 1.29 is 21.4 Å². The Kier molecular flexibility index (Phi) is 8.33. The molecular formula is C25H35N4NiO2. The number of anilines is 1. The molecule has 0 fully saturated rings. The summed E-state index contributed by atoms with van der Waals surface area (Å²) in [5.41, 5.74) is 11.3. The van der Waals surface area contributed by atoms with Crippen LogP contribution < -0.4 is 5.73 Å². The average molecular weight is 482 g/mol. The third-order valence-electron chi connectivity index (χ3n) is 5.20. The van der Waals surface area contributed by atoms with Gasteiger partial charge in [0.05, 0.1) is 10.4 Å². The fraction of sp³-hybridized carbons (Fsp3) is 0.360. The number of H-pyrrole nitrogens is 2. The number of rotatable bonds is 1. The van der Waals surface area contributed by atoms with Gasteiger partial charge in [-0.2, -0.15) is 0 Å². The Morgan fingerprint density at radius 2 is 1.25 bits per heavy atom. The number of nitrogens with one attached hydrogen (secondary N) is 2. The SMILES string of the molecule is C.CC(C)(C)c1c[nH]c2cc(N)ccc12.CC(C)(C)c1c[nH]c2cc([N+](=O)[O-])ccc12.[NiH]. The number of benzene rings is 2. The number of nitrogens with two attached hydrogens (primary N) is 1. The molecule has 0 aliphatic heterocycles. The average Bonchev–Trinajstić information content (AvgIpc) is 3.24. The Morgan fingerprint density at radius 1 is 0.812 bits per heavy atom. The van der Waals surface area contributed by atoms with Crippen LogP contribution in [0.2, 0.25) is 0 Å². The number of aromatic nitrogens is 2. The van der Waals surface area contributed by atoms with Gasteiger partial charge in [0.25, 0.3) is 5.69 Å². The van der Waals surface area contributed by atoms with Gasteiger partial charge in [-0.1, -0.05) is 55.0 Å². The van der Waals surface area contributed by atoms with Gasteiger partial charge in [-0.3, -0.25) is 10.1 Å². The Hall–Kier alpha value is -2.79. The quantitative estimate of drug-likeness (QED) is 0.121. The van der Waals surface area contributed by atoms with Crippen molar-refractivity contribution in [3.8, 4) is 0 Å². The predicted octanol–water partition coefficient (Wildman–Crippen LogP) is 6.79. The molecule has 0 amide bonds. The van der Waals surface area contributed by atoms with Crippen molar-refractivity contribution in [1.82, 2.24) is 9.97 Å². The van der Waals surface area contributed by atoms with Crippen molar-refractivity contribution in [2.24, 2.45) is 0 Å². The number of nitrogens with zero attached hydrogens (tertiary/aromatic N) is 1. The van der Waals surface area contributed by atoms with E-state index >= 15 is 0 Å². The maximum atomic E-state index is 10.6. The van der Waals surface area contributed by atoms with Crippen molar-refractivity contribution in [2.75, 3.05) is 5.73 Å². The zero-order chi connectivity index (χ0) is 22.3. The van der Waals surface area contributed by atoms with E-state index in [0.717, 1.165) is 22.1 Å². The molecule has 7 heteroatoms. The summed E-state index contributed by atoms with van der Waals surface area (Å²) in [7, 11) is 0. The number of aromatic amines is 2. The molecule has 2 aromatic carbocycles. The summed E-state index contributed by atoms with van der Waals surface area (Å²) in [5, 5.41) is 13.0. The van der Waals surface area contributed by atoms with Crippen LogP contribution in [0.4, 0.5) is 11.4 Å². The van der Waals surface area contributed by atoms with Gasteiger partial charge >= 0.3 is 16.5 Å². The number of hydrogen-bond acceptors (Lipinski definition) is 3. The van der Waals surface area contributed by atoms with Gasteiger partial charge in [0.15, 0.2) is 0 Å². The summed E-state index contributed by atoms with van der Waals surface area (Å²) < 4.78 is 0. The molecule has 2 heterocycles. The van der Waals surface area contributed by atoms with E-state index in [1.807, 2.05) is 24.4 Å². The molecule has 177 valence electrons. The third-order valence-corrected chi connectivity index (χ3v) is 5.20. The molecule has 0 spiro atoms. The van der Waals surface area contributed by atoms with E-state index in [1.54, 1.807) is 12.1 Å². The molecule has 0 atom stereocenters. The molecule has 4 aromatic rings. The number of nitro groups is 1. The summed E-state index contributed by atoms with van der Waals surface area (Å²) in [6.45, 7) is 13.0. The van der Waals surface area contributed by atoms with E-state index in [0.29, 0.717) is 0 Å². The van der Waals surface area contributed by atoms with Gasteiger partial charge in [0.1, 0.15) is 0 Å². The molecule has 4 N–H and O–H groups in total. The van der Waals surface area contributed by atoms with Crippen molar-refractivity contribution in [2.45, 2.75) is 59.8 Å². The molecule has 0 aliphatic carbocycles. The first-order valence-electron chi connectivity index (χ1n) is 10.0. The monoisotopic (exact) mass is 481 g/mol. The first kappa shape index (κ1) is 27.2. The van der Waals surface area contributed by atoms with Gasteiger partial charge in [-0.25, -0.2) is 0 Å². The molecule has 4 rings (SSSR count). The second kappa shape index (κ2) is 9.78. The van der Waals surface area contributed by atoms with E-state index in [9.17, 15) is 10.1 Å². The Balaban J connectivity index is 0.000000303. The van der Waals surface area contributed by atoms with Crippen LogP contribution in [-0.2, 0) is 27.3 Å². The van der Waals surface area contributed by atoms with Crippen LogP contribution in [0.25, 0.3) is 21.8 Å². The molecular weight excluding hydrogens is 447 g/mol. The zero-order valence-electron chi connectivity index (χ0n) is 18.8. The Morgan fingerprint density at radius 3 is 1.69 bits per heavy atom. The Bertz CT molecular complexity index is 1210.